The molecule has 5 rings (SSSR count). The number of rotatable bonds is 5. The predicted octanol–water partition coefficient (Wildman–Crippen LogP) is 5.64. The zero-order valence-corrected chi connectivity index (χ0v) is 18.7. The normalized spacial score (nSPS) is 13.5. The Labute approximate surface area is 197 Å². The Morgan fingerprint density at radius 3 is 2.62 bits per heavy atom. The number of piperazine rings is 1. The molecule has 2 N–H and O–H groups in total. The van der Waals surface area contributed by atoms with Gasteiger partial charge in [0.1, 0.15) is 11.6 Å². The first kappa shape index (κ1) is 25.3. The second kappa shape index (κ2) is 11.2. The number of aromatic nitrogens is 3. The molecule has 4 aromatic rings. The summed E-state index contributed by atoms with van der Waals surface area (Å²) in [4.78, 5) is 11.2. The summed E-state index contributed by atoms with van der Waals surface area (Å²) in [5.41, 5.74) is 1.55. The lowest BCUT2D eigenvalue weighted by molar-refractivity contribution is 0.146. The summed E-state index contributed by atoms with van der Waals surface area (Å²) in [6, 6.07) is 10.2. The highest BCUT2D eigenvalue weighted by atomic mass is 19.3. The van der Waals surface area contributed by atoms with E-state index in [-0.39, 0.29) is 19.5 Å². The highest BCUT2D eigenvalue weighted by Gasteiger charge is 2.18. The van der Waals surface area contributed by atoms with E-state index in [1.54, 1.807) is 6.20 Å². The number of alkyl halides is 2. The highest BCUT2D eigenvalue weighted by molar-refractivity contribution is 5.93. The van der Waals surface area contributed by atoms with Crippen LogP contribution in [0.25, 0.3) is 16.7 Å². The van der Waals surface area contributed by atoms with Crippen LogP contribution in [0.3, 0.4) is 0 Å². The fourth-order valence-electron chi connectivity index (χ4n) is 3.99. The monoisotopic (exact) mass is 472 g/mol. The Morgan fingerprint density at radius 2 is 1.88 bits per heavy atom. The van der Waals surface area contributed by atoms with Crippen molar-refractivity contribution in [3.05, 3.63) is 65.7 Å². The summed E-state index contributed by atoms with van der Waals surface area (Å²) in [6.45, 7) is 7.67. The lowest BCUT2D eigenvalue weighted by atomic mass is 10.1. The molecule has 0 aliphatic carbocycles. The average molecular weight is 473 g/mol. The van der Waals surface area contributed by atoms with Gasteiger partial charge in [0.05, 0.1) is 11.1 Å². The first-order chi connectivity index (χ1) is 16.1. The molecule has 0 amide bonds. The van der Waals surface area contributed by atoms with Crippen LogP contribution in [0.5, 0.6) is 0 Å². The van der Waals surface area contributed by atoms with Gasteiger partial charge in [0.15, 0.2) is 0 Å². The molecule has 1 saturated heterocycles. The lowest BCUT2D eigenvalue weighted by Gasteiger charge is -2.29. The van der Waals surface area contributed by atoms with E-state index in [9.17, 15) is 13.2 Å². The maximum absolute atomic E-state index is 14.5. The molecule has 2 aromatic heterocycles. The Balaban J connectivity index is 0.00000105. The Hall–Kier alpha value is -3.33. The first-order valence-corrected chi connectivity index (χ1v) is 11.1. The second-order valence-corrected chi connectivity index (χ2v) is 7.47. The van der Waals surface area contributed by atoms with Crippen molar-refractivity contribution < 1.29 is 13.2 Å². The molecular formula is C25H31F3N6. The van der Waals surface area contributed by atoms with Crippen molar-refractivity contribution >= 4 is 28.2 Å². The van der Waals surface area contributed by atoms with Crippen molar-refractivity contribution in [2.75, 3.05) is 36.4 Å². The number of benzene rings is 2. The average Bonchev–Trinajstić information content (AvgIpc) is 3.33. The van der Waals surface area contributed by atoms with Crippen LogP contribution in [-0.4, -0.2) is 40.5 Å². The number of hydrogen-bond donors (Lipinski definition) is 2. The summed E-state index contributed by atoms with van der Waals surface area (Å²) in [6.07, 6.45) is 0.647. The van der Waals surface area contributed by atoms with Crippen LogP contribution in [0.15, 0.2) is 48.8 Å². The number of nitrogens with zero attached hydrogens (tertiary/aromatic N) is 4. The Morgan fingerprint density at radius 1 is 1.12 bits per heavy atom. The number of imidazole rings is 1. The number of fused-ring (bicyclic) bond motifs is 3. The molecule has 1 fully saturated rings. The van der Waals surface area contributed by atoms with Crippen LogP contribution in [0.2, 0.25) is 0 Å². The van der Waals surface area contributed by atoms with Crippen molar-refractivity contribution in [3.63, 3.8) is 0 Å². The van der Waals surface area contributed by atoms with E-state index in [4.69, 9.17) is 0 Å². The highest BCUT2D eigenvalue weighted by Crippen LogP contribution is 2.29. The molecule has 9 heteroatoms. The number of hydrogen-bond acceptors (Lipinski definition) is 5. The topological polar surface area (TPSA) is 57.5 Å². The van der Waals surface area contributed by atoms with Crippen molar-refractivity contribution in [3.8, 4) is 0 Å². The van der Waals surface area contributed by atoms with Crippen LogP contribution in [0.1, 0.15) is 38.8 Å². The molecule has 6 nitrogen and oxygen atoms in total. The van der Waals surface area contributed by atoms with E-state index in [2.05, 4.69) is 37.6 Å². The zero-order chi connectivity index (χ0) is 23.4. The van der Waals surface area contributed by atoms with Crippen LogP contribution in [-0.2, 0) is 6.54 Å². The summed E-state index contributed by atoms with van der Waals surface area (Å²) >= 11 is 0. The molecule has 0 spiro atoms. The maximum Gasteiger partial charge on any atom is 0.266 e. The third-order valence-electron chi connectivity index (χ3n) is 5.60. The van der Waals surface area contributed by atoms with Crippen molar-refractivity contribution in [1.82, 2.24) is 19.7 Å². The minimum Gasteiger partial charge on any atom is -0.369 e. The van der Waals surface area contributed by atoms with Gasteiger partial charge in [-0.15, -0.1) is 0 Å². The minimum atomic E-state index is -2.86. The standard InChI is InChI=1S/C22H21F3N6.C2H6.CH4/c23-19-14(2-1-3-16(19)20(24)25)13-28-21-17-12-15(30-9-6-26-7-10-30)4-5-18(17)31-11-8-27-22(31)29-21;1-2;/h1-5,8,11-12,20,26H,6-7,9-10,13H2,(H,27,28,29);1-2H3;1H4. The molecule has 1 aliphatic heterocycles. The maximum atomic E-state index is 14.5. The molecule has 0 atom stereocenters. The van der Waals surface area contributed by atoms with E-state index in [1.165, 1.54) is 12.1 Å². The first-order valence-electron chi connectivity index (χ1n) is 11.1. The summed E-state index contributed by atoms with van der Waals surface area (Å²) in [7, 11) is 0. The zero-order valence-electron chi connectivity index (χ0n) is 18.7. The third-order valence-corrected chi connectivity index (χ3v) is 5.60. The molecule has 0 unspecified atom stereocenters. The van der Waals surface area contributed by atoms with Crippen LogP contribution < -0.4 is 15.5 Å². The molecule has 182 valence electrons. The molecule has 1 aliphatic rings. The van der Waals surface area contributed by atoms with E-state index in [1.807, 2.05) is 30.5 Å². The molecule has 0 radical (unpaired) electrons. The number of halogens is 3. The minimum absolute atomic E-state index is 0. The van der Waals surface area contributed by atoms with Crippen LogP contribution in [0.4, 0.5) is 24.7 Å². The molecular weight excluding hydrogens is 441 g/mol. The van der Waals surface area contributed by atoms with E-state index < -0.39 is 17.8 Å². The summed E-state index contributed by atoms with van der Waals surface area (Å²) in [5.74, 6) is 0.150. The smallest absolute Gasteiger partial charge is 0.266 e. The van der Waals surface area contributed by atoms with Gasteiger partial charge in [-0.25, -0.2) is 18.2 Å². The Kier molecular flexibility index (Phi) is 8.33. The van der Waals surface area contributed by atoms with E-state index in [0.717, 1.165) is 48.8 Å². The van der Waals surface area contributed by atoms with Gasteiger partial charge in [0.2, 0.25) is 5.78 Å². The van der Waals surface area contributed by atoms with Gasteiger partial charge in [-0.1, -0.05) is 39.5 Å². The molecule has 34 heavy (non-hydrogen) atoms. The predicted molar refractivity (Wildman–Crippen MR) is 132 cm³/mol. The number of anilines is 2. The largest absolute Gasteiger partial charge is 0.369 e. The van der Waals surface area contributed by atoms with Gasteiger partial charge in [-0.05, 0) is 18.2 Å². The summed E-state index contributed by atoms with van der Waals surface area (Å²) in [5, 5.41) is 7.34. The van der Waals surface area contributed by atoms with Crippen LogP contribution >= 0.6 is 0 Å². The quantitative estimate of drug-likeness (QED) is 0.394. The lowest BCUT2D eigenvalue weighted by Crippen LogP contribution is -2.43. The Bertz CT molecular complexity index is 1230. The van der Waals surface area contributed by atoms with E-state index >= 15 is 0 Å². The van der Waals surface area contributed by atoms with Gasteiger partial charge in [-0.2, -0.15) is 4.98 Å². The van der Waals surface area contributed by atoms with Gasteiger partial charge in [-0.3, -0.25) is 4.40 Å². The van der Waals surface area contributed by atoms with E-state index in [0.29, 0.717) is 11.6 Å². The fraction of sp³-hybridized carbons (Fsp3) is 0.360. The molecule has 0 bridgehead atoms. The second-order valence-electron chi connectivity index (χ2n) is 7.47. The van der Waals surface area contributed by atoms with Crippen molar-refractivity contribution in [1.29, 1.82) is 0 Å². The SMILES string of the molecule is C.CC.Fc1c(CNc2nc3nccn3c3ccc(N4CCNCC4)cc23)cccc1C(F)F. The van der Waals surface area contributed by atoms with Crippen molar-refractivity contribution in [2.45, 2.75) is 34.2 Å². The van der Waals surface area contributed by atoms with Gasteiger partial charge in [0, 0.05) is 61.8 Å². The van der Waals surface area contributed by atoms with Gasteiger partial charge >= 0.3 is 0 Å². The molecule has 3 heterocycles. The van der Waals surface area contributed by atoms with Gasteiger partial charge < -0.3 is 15.5 Å². The van der Waals surface area contributed by atoms with Crippen molar-refractivity contribution in [2.24, 2.45) is 0 Å². The van der Waals surface area contributed by atoms with Gasteiger partial charge in [0.25, 0.3) is 6.43 Å². The molecule has 2 aromatic carbocycles. The van der Waals surface area contributed by atoms with Crippen LogP contribution in [0, 0.1) is 5.82 Å². The fourth-order valence-corrected chi connectivity index (χ4v) is 3.99. The molecule has 0 saturated carbocycles. The summed E-state index contributed by atoms with van der Waals surface area (Å²) < 4.78 is 42.5. The number of nitrogens with one attached hydrogen (secondary N) is 2. The third kappa shape index (κ3) is 4.94.